The molecule has 26 heavy (non-hydrogen) atoms. The lowest BCUT2D eigenvalue weighted by molar-refractivity contribution is -0.120. The summed E-state index contributed by atoms with van der Waals surface area (Å²) >= 11 is 5.71. The third-order valence-electron chi connectivity index (χ3n) is 3.40. The summed E-state index contributed by atoms with van der Waals surface area (Å²) in [4.78, 5) is 25.8. The minimum atomic E-state index is -0.574. The molecule has 0 bridgehead atoms. The van der Waals surface area contributed by atoms with Crippen molar-refractivity contribution in [2.24, 2.45) is 0 Å². The number of carbonyl (C=O) groups excluding carboxylic acids is 2. The fourth-order valence-electron chi connectivity index (χ4n) is 2.32. The normalized spacial score (nSPS) is 10.5. The van der Waals surface area contributed by atoms with Gasteiger partial charge in [0.05, 0.1) is 16.8 Å². The number of rotatable bonds is 6. The van der Waals surface area contributed by atoms with Crippen LogP contribution < -0.4 is 15.0 Å². The third-order valence-corrected chi connectivity index (χ3v) is 3.69. The minimum Gasteiger partial charge on any atom is -0.489 e. The van der Waals surface area contributed by atoms with Crippen molar-refractivity contribution in [3.05, 3.63) is 53.3 Å². The van der Waals surface area contributed by atoms with Gasteiger partial charge in [-0.3, -0.25) is 14.5 Å². The summed E-state index contributed by atoms with van der Waals surface area (Å²) in [5.41, 5.74) is 0.845. The van der Waals surface area contributed by atoms with E-state index >= 15 is 0 Å². The average molecular weight is 379 g/mol. The van der Waals surface area contributed by atoms with Crippen molar-refractivity contribution in [1.29, 1.82) is 0 Å². The summed E-state index contributed by atoms with van der Waals surface area (Å²) in [6, 6.07) is 10.9. The Morgan fingerprint density at radius 2 is 1.92 bits per heavy atom. The highest BCUT2D eigenvalue weighted by atomic mass is 35.5. The highest BCUT2D eigenvalue weighted by Crippen LogP contribution is 2.29. The Balaban J connectivity index is 2.19. The number of para-hydroxylation sites is 2. The second kappa shape index (κ2) is 8.67. The van der Waals surface area contributed by atoms with Crippen LogP contribution in [0.5, 0.6) is 5.75 Å². The topological polar surface area (TPSA) is 58.6 Å². The summed E-state index contributed by atoms with van der Waals surface area (Å²) < 4.78 is 18.9. The maximum Gasteiger partial charge on any atom is 0.244 e. The van der Waals surface area contributed by atoms with E-state index in [4.69, 9.17) is 16.3 Å². The maximum atomic E-state index is 13.2. The molecule has 0 aliphatic carbocycles. The van der Waals surface area contributed by atoms with Gasteiger partial charge in [-0.1, -0.05) is 23.7 Å². The highest BCUT2D eigenvalue weighted by molar-refractivity contribution is 6.31. The fraction of sp³-hybridized carbons (Fsp3) is 0.263. The molecule has 1 N–H and O–H groups in total. The van der Waals surface area contributed by atoms with Gasteiger partial charge in [-0.15, -0.1) is 0 Å². The maximum absolute atomic E-state index is 13.2. The first kappa shape index (κ1) is 19.7. The molecule has 0 unspecified atom stereocenters. The van der Waals surface area contributed by atoms with E-state index in [1.807, 2.05) is 13.8 Å². The first-order chi connectivity index (χ1) is 12.3. The number of nitrogens with one attached hydrogen (secondary N) is 1. The van der Waals surface area contributed by atoms with Crippen LogP contribution in [0.2, 0.25) is 5.02 Å². The molecule has 2 aromatic carbocycles. The molecule has 0 aliphatic heterocycles. The summed E-state index contributed by atoms with van der Waals surface area (Å²) in [6.45, 7) is 4.90. The molecule has 2 rings (SSSR count). The number of anilines is 2. The molecule has 2 amide bonds. The number of halogens is 2. The second-order valence-corrected chi connectivity index (χ2v) is 6.32. The van der Waals surface area contributed by atoms with Crippen LogP contribution in [0.1, 0.15) is 20.8 Å². The lowest BCUT2D eigenvalue weighted by Gasteiger charge is -2.24. The SMILES string of the molecule is CC(=O)N(CC(=O)Nc1ccc(F)c(Cl)c1)c1ccccc1OC(C)C. The van der Waals surface area contributed by atoms with E-state index in [1.165, 1.54) is 24.0 Å². The molecule has 7 heteroatoms. The number of nitrogens with zero attached hydrogens (tertiary/aromatic N) is 1. The molecule has 0 radical (unpaired) electrons. The van der Waals surface area contributed by atoms with Crippen LogP contribution in [-0.4, -0.2) is 24.5 Å². The number of carbonyl (C=O) groups is 2. The lowest BCUT2D eigenvalue weighted by Crippen LogP contribution is -2.37. The first-order valence-corrected chi connectivity index (χ1v) is 8.44. The Morgan fingerprint density at radius 1 is 1.23 bits per heavy atom. The van der Waals surface area contributed by atoms with Crippen molar-refractivity contribution in [2.75, 3.05) is 16.8 Å². The zero-order chi connectivity index (χ0) is 19.3. The average Bonchev–Trinajstić information content (AvgIpc) is 2.56. The Kier molecular flexibility index (Phi) is 6.58. The molecule has 0 saturated heterocycles. The van der Waals surface area contributed by atoms with Gasteiger partial charge in [0.25, 0.3) is 0 Å². The van der Waals surface area contributed by atoms with Crippen molar-refractivity contribution in [1.82, 2.24) is 0 Å². The van der Waals surface area contributed by atoms with Gasteiger partial charge in [-0.2, -0.15) is 0 Å². The summed E-state index contributed by atoms with van der Waals surface area (Å²) in [7, 11) is 0. The number of benzene rings is 2. The van der Waals surface area contributed by atoms with Crippen molar-refractivity contribution in [3.8, 4) is 5.75 Å². The number of amides is 2. The monoisotopic (exact) mass is 378 g/mol. The van der Waals surface area contributed by atoms with Crippen molar-refractivity contribution >= 4 is 34.8 Å². The molecular formula is C19H20ClFN2O3. The van der Waals surface area contributed by atoms with E-state index in [9.17, 15) is 14.0 Å². The zero-order valence-corrected chi connectivity index (χ0v) is 15.5. The largest absolute Gasteiger partial charge is 0.489 e. The predicted molar refractivity (Wildman–Crippen MR) is 100 cm³/mol. The highest BCUT2D eigenvalue weighted by Gasteiger charge is 2.20. The van der Waals surface area contributed by atoms with Gasteiger partial charge in [-0.25, -0.2) is 4.39 Å². The van der Waals surface area contributed by atoms with Crippen LogP contribution in [0.3, 0.4) is 0 Å². The van der Waals surface area contributed by atoms with E-state index in [0.29, 0.717) is 17.1 Å². The standard InChI is InChI=1S/C19H20ClFN2O3/c1-12(2)26-18-7-5-4-6-17(18)23(13(3)24)11-19(25)22-14-8-9-16(21)15(20)10-14/h4-10,12H,11H2,1-3H3,(H,22,25). The minimum absolute atomic E-state index is 0.0832. The van der Waals surface area contributed by atoms with Crippen LogP contribution in [0.4, 0.5) is 15.8 Å². The third kappa shape index (κ3) is 5.20. The molecule has 0 atom stereocenters. The molecule has 0 heterocycles. The van der Waals surface area contributed by atoms with E-state index in [1.54, 1.807) is 24.3 Å². The van der Waals surface area contributed by atoms with Crippen molar-refractivity contribution < 1.29 is 18.7 Å². The van der Waals surface area contributed by atoms with Gasteiger partial charge in [0.2, 0.25) is 11.8 Å². The van der Waals surface area contributed by atoms with Crippen molar-refractivity contribution in [3.63, 3.8) is 0 Å². The second-order valence-electron chi connectivity index (χ2n) is 5.92. The van der Waals surface area contributed by atoms with Crippen molar-refractivity contribution in [2.45, 2.75) is 26.9 Å². The Labute approximate surface area is 156 Å². The van der Waals surface area contributed by atoms with Gasteiger partial charge < -0.3 is 10.1 Å². The lowest BCUT2D eigenvalue weighted by atomic mass is 10.2. The van der Waals surface area contributed by atoms with E-state index < -0.39 is 11.7 Å². The smallest absolute Gasteiger partial charge is 0.244 e. The molecule has 0 aliphatic rings. The molecular weight excluding hydrogens is 359 g/mol. The van der Waals surface area contributed by atoms with Gasteiger partial charge in [-0.05, 0) is 44.2 Å². The Hall–Kier alpha value is -2.60. The van der Waals surface area contributed by atoms with Crippen LogP contribution in [-0.2, 0) is 9.59 Å². The fourth-order valence-corrected chi connectivity index (χ4v) is 2.50. The Morgan fingerprint density at radius 3 is 2.54 bits per heavy atom. The molecule has 0 fully saturated rings. The number of ether oxygens (including phenoxy) is 1. The summed E-state index contributed by atoms with van der Waals surface area (Å²) in [6.07, 6.45) is -0.0832. The number of hydrogen-bond donors (Lipinski definition) is 1. The Bertz CT molecular complexity index is 811. The van der Waals surface area contributed by atoms with Gasteiger partial charge in [0.15, 0.2) is 0 Å². The number of hydrogen-bond acceptors (Lipinski definition) is 3. The molecule has 0 aromatic heterocycles. The molecule has 0 spiro atoms. The molecule has 138 valence electrons. The predicted octanol–water partition coefficient (Wildman–Crippen LogP) is 4.26. The van der Waals surface area contributed by atoms with E-state index in [0.717, 1.165) is 6.07 Å². The van der Waals surface area contributed by atoms with Crippen LogP contribution >= 0.6 is 11.6 Å². The van der Waals surface area contributed by atoms with Gasteiger partial charge in [0.1, 0.15) is 18.1 Å². The summed E-state index contributed by atoms with van der Waals surface area (Å²) in [5.74, 6) is -0.815. The van der Waals surface area contributed by atoms with Crippen LogP contribution in [0, 0.1) is 5.82 Å². The first-order valence-electron chi connectivity index (χ1n) is 8.06. The van der Waals surface area contributed by atoms with E-state index in [2.05, 4.69) is 5.32 Å². The van der Waals surface area contributed by atoms with Gasteiger partial charge in [0, 0.05) is 12.6 Å². The summed E-state index contributed by atoms with van der Waals surface area (Å²) in [5, 5.41) is 2.51. The van der Waals surface area contributed by atoms with Crippen LogP contribution in [0.15, 0.2) is 42.5 Å². The molecule has 0 saturated carbocycles. The molecule has 5 nitrogen and oxygen atoms in total. The quantitative estimate of drug-likeness (QED) is 0.817. The van der Waals surface area contributed by atoms with Crippen LogP contribution in [0.25, 0.3) is 0 Å². The molecule has 2 aromatic rings. The van der Waals surface area contributed by atoms with E-state index in [-0.39, 0.29) is 23.6 Å². The zero-order valence-electron chi connectivity index (χ0n) is 14.8. The van der Waals surface area contributed by atoms with Gasteiger partial charge >= 0.3 is 0 Å².